The van der Waals surface area contributed by atoms with E-state index in [1.54, 1.807) is 30.3 Å². The van der Waals surface area contributed by atoms with Gasteiger partial charge in [-0.05, 0) is 49.2 Å². The van der Waals surface area contributed by atoms with E-state index in [2.05, 4.69) is 30.1 Å². The number of sulfonamides is 1. The lowest BCUT2D eigenvalue weighted by Crippen LogP contribution is -2.48. The van der Waals surface area contributed by atoms with Gasteiger partial charge >= 0.3 is 5.97 Å². The van der Waals surface area contributed by atoms with Crippen LogP contribution in [0.2, 0.25) is 0 Å². The summed E-state index contributed by atoms with van der Waals surface area (Å²) in [6, 6.07) is 13.1. The summed E-state index contributed by atoms with van der Waals surface area (Å²) >= 11 is 0. The van der Waals surface area contributed by atoms with E-state index >= 15 is 0 Å². The minimum Gasteiger partial charge on any atom is -0.480 e. The molecule has 0 spiro atoms. The highest BCUT2D eigenvalue weighted by molar-refractivity contribution is 7.89. The summed E-state index contributed by atoms with van der Waals surface area (Å²) in [5.41, 5.74) is 1.35. The first-order chi connectivity index (χ1) is 17.8. The number of carboxylic acids is 1. The number of aliphatic imine (C=N–C) groups is 1. The van der Waals surface area contributed by atoms with E-state index in [1.165, 1.54) is 12.1 Å². The molecule has 0 aromatic heterocycles. The van der Waals surface area contributed by atoms with Gasteiger partial charge in [-0.1, -0.05) is 18.2 Å². The topological polar surface area (TPSA) is 143 Å². The number of carboxylic acid groups (broad SMARTS) is 1. The molecule has 2 aromatic rings. The van der Waals surface area contributed by atoms with Crippen LogP contribution in [0.1, 0.15) is 23.2 Å². The van der Waals surface area contributed by atoms with Crippen LogP contribution in [-0.4, -0.2) is 88.1 Å². The first-order valence-electron chi connectivity index (χ1n) is 12.3. The number of nitrogens with zero attached hydrogens (tertiary/aromatic N) is 3. The molecule has 1 fully saturated rings. The Kier molecular flexibility index (Phi) is 8.62. The summed E-state index contributed by atoms with van der Waals surface area (Å²) in [4.78, 5) is 33.4. The molecule has 0 saturated carbocycles. The maximum atomic E-state index is 12.6. The molecule has 2 aliphatic rings. The number of anilines is 1. The number of hydrogen-bond acceptors (Lipinski definition) is 8. The summed E-state index contributed by atoms with van der Waals surface area (Å²) < 4.78 is 27.1. The highest BCUT2D eigenvalue weighted by Gasteiger charge is 2.26. The van der Waals surface area contributed by atoms with Crippen molar-refractivity contribution in [2.24, 2.45) is 4.99 Å². The van der Waals surface area contributed by atoms with E-state index in [1.807, 2.05) is 12.1 Å². The van der Waals surface area contributed by atoms with Crippen molar-refractivity contribution in [3.8, 4) is 0 Å². The zero-order valence-electron chi connectivity index (χ0n) is 20.5. The minimum atomic E-state index is -4.05. The van der Waals surface area contributed by atoms with Crippen LogP contribution in [0.4, 0.5) is 5.69 Å². The molecule has 2 aliphatic heterocycles. The van der Waals surface area contributed by atoms with Gasteiger partial charge in [-0.15, -0.1) is 0 Å². The molecule has 2 heterocycles. The Morgan fingerprint density at radius 1 is 0.973 bits per heavy atom. The molecule has 198 valence electrons. The molecule has 4 rings (SSSR count). The average Bonchev–Trinajstić information content (AvgIpc) is 3.18. The van der Waals surface area contributed by atoms with Crippen molar-refractivity contribution in [1.29, 1.82) is 0 Å². The van der Waals surface area contributed by atoms with Crippen molar-refractivity contribution in [3.05, 3.63) is 60.2 Å². The number of guanidine groups is 1. The lowest BCUT2D eigenvalue weighted by Gasteiger charge is -2.28. The maximum Gasteiger partial charge on any atom is 0.323 e. The van der Waals surface area contributed by atoms with Gasteiger partial charge in [-0.3, -0.25) is 14.6 Å². The number of nitrogens with one attached hydrogen (secondary N) is 3. The van der Waals surface area contributed by atoms with Crippen LogP contribution in [0.3, 0.4) is 0 Å². The van der Waals surface area contributed by atoms with Gasteiger partial charge in [0.15, 0.2) is 5.96 Å². The highest BCUT2D eigenvalue weighted by atomic mass is 32.2. The number of carbonyl (C=O) groups is 2. The number of amides is 1. The van der Waals surface area contributed by atoms with Crippen LogP contribution in [-0.2, 0) is 14.8 Å². The average molecular weight is 529 g/mol. The molecular weight excluding hydrogens is 496 g/mol. The third kappa shape index (κ3) is 6.98. The standard InChI is InChI=1S/C25H32N6O5S/c32-23(28-18-22(24(33)34)29-37(35,36)21-6-2-1-3-7-21)19-8-10-20(11-9-19)30-14-5-15-31(17-16-30)25-26-12-4-13-27-25/h1-3,6-11,22,29H,4-5,12-18H2,(H,26,27)(H,28,32)(H,33,34)/t22-/m0/s1. The molecule has 2 aromatic carbocycles. The lowest BCUT2D eigenvalue weighted by molar-refractivity contribution is -0.138. The van der Waals surface area contributed by atoms with Crippen LogP contribution in [0.5, 0.6) is 0 Å². The van der Waals surface area contributed by atoms with Crippen LogP contribution in [0.15, 0.2) is 64.5 Å². The lowest BCUT2D eigenvalue weighted by atomic mass is 10.1. The second kappa shape index (κ2) is 12.1. The first kappa shape index (κ1) is 26.4. The summed E-state index contributed by atoms with van der Waals surface area (Å²) in [5.74, 6) is -0.897. The number of carbonyl (C=O) groups excluding carboxylic acids is 1. The van der Waals surface area contributed by atoms with Gasteiger partial charge in [0.1, 0.15) is 6.04 Å². The van der Waals surface area contributed by atoms with Crippen molar-refractivity contribution in [2.75, 3.05) is 50.7 Å². The van der Waals surface area contributed by atoms with Gasteiger partial charge < -0.3 is 25.5 Å². The van der Waals surface area contributed by atoms with Crippen LogP contribution in [0.25, 0.3) is 0 Å². The number of aliphatic carboxylic acids is 1. The van der Waals surface area contributed by atoms with E-state index in [0.717, 1.165) is 63.8 Å². The van der Waals surface area contributed by atoms with Gasteiger partial charge in [0, 0.05) is 57.1 Å². The second-order valence-electron chi connectivity index (χ2n) is 8.90. The molecule has 11 nitrogen and oxygen atoms in total. The Labute approximate surface area is 216 Å². The van der Waals surface area contributed by atoms with E-state index < -0.39 is 34.5 Å². The minimum absolute atomic E-state index is 0.0530. The van der Waals surface area contributed by atoms with Crippen molar-refractivity contribution in [1.82, 2.24) is 20.3 Å². The number of benzene rings is 2. The molecule has 0 aliphatic carbocycles. The molecule has 1 amide bonds. The van der Waals surface area contributed by atoms with Crippen molar-refractivity contribution in [3.63, 3.8) is 0 Å². The van der Waals surface area contributed by atoms with E-state index in [9.17, 15) is 23.1 Å². The predicted molar refractivity (Wildman–Crippen MR) is 140 cm³/mol. The predicted octanol–water partition coefficient (Wildman–Crippen LogP) is 0.710. The third-order valence-corrected chi connectivity index (χ3v) is 7.77. The van der Waals surface area contributed by atoms with Crippen LogP contribution in [0, 0.1) is 0 Å². The number of rotatable bonds is 8. The largest absolute Gasteiger partial charge is 0.480 e. The maximum absolute atomic E-state index is 12.6. The van der Waals surface area contributed by atoms with Gasteiger partial charge in [-0.2, -0.15) is 4.72 Å². The van der Waals surface area contributed by atoms with E-state index in [0.29, 0.717) is 5.56 Å². The van der Waals surface area contributed by atoms with Crippen molar-refractivity contribution >= 4 is 33.5 Å². The number of hydrogen-bond donors (Lipinski definition) is 4. The van der Waals surface area contributed by atoms with E-state index in [-0.39, 0.29) is 4.90 Å². The molecule has 1 saturated heterocycles. The zero-order chi connectivity index (χ0) is 26.3. The molecule has 0 radical (unpaired) electrons. The highest BCUT2D eigenvalue weighted by Crippen LogP contribution is 2.18. The summed E-state index contributed by atoms with van der Waals surface area (Å²) in [6.07, 6.45) is 2.04. The molecule has 0 bridgehead atoms. The molecule has 4 N–H and O–H groups in total. The second-order valence-corrected chi connectivity index (χ2v) is 10.6. The SMILES string of the molecule is O=C(NC[C@H](NS(=O)(=O)c1ccccc1)C(=O)O)c1ccc(N2CCCN(C3=NCCCN3)CC2)cc1. The van der Waals surface area contributed by atoms with Crippen molar-refractivity contribution in [2.45, 2.75) is 23.8 Å². The molecule has 1 atom stereocenters. The summed E-state index contributed by atoms with van der Waals surface area (Å²) in [7, 11) is -4.05. The Bertz CT molecular complexity index is 1220. The first-order valence-corrected chi connectivity index (χ1v) is 13.8. The fourth-order valence-corrected chi connectivity index (χ4v) is 5.48. The Hall–Kier alpha value is -3.64. The van der Waals surface area contributed by atoms with Crippen molar-refractivity contribution < 1.29 is 23.1 Å². The Balaban J connectivity index is 1.32. The van der Waals surface area contributed by atoms with Crippen LogP contribution < -0.4 is 20.3 Å². The molecule has 12 heteroatoms. The quantitative estimate of drug-likeness (QED) is 0.392. The monoisotopic (exact) mass is 528 g/mol. The van der Waals surface area contributed by atoms with Gasteiger partial charge in [-0.25, -0.2) is 8.42 Å². The zero-order valence-corrected chi connectivity index (χ0v) is 21.3. The smallest absolute Gasteiger partial charge is 0.323 e. The fraction of sp³-hybridized carbons (Fsp3) is 0.400. The summed E-state index contributed by atoms with van der Waals surface area (Å²) in [5, 5.41) is 15.4. The third-order valence-electron chi connectivity index (χ3n) is 6.29. The Morgan fingerprint density at radius 3 is 2.35 bits per heavy atom. The normalized spacial score (nSPS) is 17.2. The van der Waals surface area contributed by atoms with Gasteiger partial charge in [0.05, 0.1) is 4.90 Å². The fourth-order valence-electron chi connectivity index (χ4n) is 4.27. The Morgan fingerprint density at radius 2 is 1.68 bits per heavy atom. The molecule has 37 heavy (non-hydrogen) atoms. The summed E-state index contributed by atoms with van der Waals surface area (Å²) in [6.45, 7) is 4.91. The van der Waals surface area contributed by atoms with Gasteiger partial charge in [0.25, 0.3) is 5.91 Å². The van der Waals surface area contributed by atoms with E-state index in [4.69, 9.17) is 0 Å². The van der Waals surface area contributed by atoms with Crippen LogP contribution >= 0.6 is 0 Å². The van der Waals surface area contributed by atoms with Gasteiger partial charge in [0.2, 0.25) is 10.0 Å². The molecular formula is C25H32N6O5S. The molecule has 0 unspecified atom stereocenters.